The minimum Gasteiger partial charge on any atom is -0.377 e. The molecule has 0 heterocycles. The summed E-state index contributed by atoms with van der Waals surface area (Å²) in [5.41, 5.74) is 0. The average Bonchev–Trinajstić information content (AvgIpc) is 2.06. The summed E-state index contributed by atoms with van der Waals surface area (Å²) >= 11 is 6.20. The van der Waals surface area contributed by atoms with Crippen LogP contribution in [0, 0.1) is 0 Å². The third-order valence-corrected chi connectivity index (χ3v) is 7.19. The van der Waals surface area contributed by atoms with Crippen molar-refractivity contribution in [3.8, 4) is 0 Å². The number of hydrogen-bond donors (Lipinski definition) is 0. The molecule has 0 saturated heterocycles. The van der Waals surface area contributed by atoms with Crippen LogP contribution in [0.4, 0.5) is 0 Å². The molecule has 0 amide bonds. The van der Waals surface area contributed by atoms with E-state index >= 15 is 0 Å². The third-order valence-electron chi connectivity index (χ3n) is 1.96. The second-order valence-corrected chi connectivity index (χ2v) is 13.6. The molecule has 0 aromatic heterocycles. The van der Waals surface area contributed by atoms with Crippen molar-refractivity contribution in [2.24, 2.45) is 0 Å². The zero-order valence-corrected chi connectivity index (χ0v) is 11.8. The highest BCUT2D eigenvalue weighted by atomic mass is 35.6. The molecule has 0 aromatic carbocycles. The predicted molar refractivity (Wildman–Crippen MR) is 59.7 cm³/mol. The summed E-state index contributed by atoms with van der Waals surface area (Å²) < 4.78 is 15.9. The highest BCUT2D eigenvalue weighted by Gasteiger charge is 2.39. The first kappa shape index (κ1) is 13.6. The first-order chi connectivity index (χ1) is 5.89. The summed E-state index contributed by atoms with van der Waals surface area (Å²) in [6.07, 6.45) is 0. The normalized spacial score (nSPS) is 13.4. The van der Waals surface area contributed by atoms with Crippen molar-refractivity contribution in [2.75, 3.05) is 21.3 Å². The van der Waals surface area contributed by atoms with Gasteiger partial charge in [0.25, 0.3) is 0 Å². The van der Waals surface area contributed by atoms with E-state index in [-0.39, 0.29) is 0 Å². The Morgan fingerprint density at radius 3 is 1.54 bits per heavy atom. The summed E-state index contributed by atoms with van der Waals surface area (Å²) in [7, 11) is 0.955. The van der Waals surface area contributed by atoms with E-state index in [1.807, 2.05) is 0 Å². The number of rotatable bonds is 6. The highest BCUT2D eigenvalue weighted by Crippen LogP contribution is 2.23. The Balaban J connectivity index is 4.11. The van der Waals surface area contributed by atoms with Crippen LogP contribution in [0.15, 0.2) is 0 Å². The summed E-state index contributed by atoms with van der Waals surface area (Å²) in [4.78, 5) is 0. The Morgan fingerprint density at radius 1 is 0.923 bits per heavy atom. The van der Waals surface area contributed by atoms with E-state index in [1.165, 1.54) is 0 Å². The zero-order valence-electron chi connectivity index (χ0n) is 9.02. The van der Waals surface area contributed by atoms with Crippen LogP contribution in [0.2, 0.25) is 25.2 Å². The molecule has 0 saturated carbocycles. The SMILES string of the molecule is CO[Si](CC[Si](C)(C)Cl)(OC)OC. The molecule has 0 aliphatic rings. The van der Waals surface area contributed by atoms with E-state index < -0.39 is 16.2 Å². The molecule has 0 bridgehead atoms. The van der Waals surface area contributed by atoms with Gasteiger partial charge in [0.15, 0.2) is 0 Å². The van der Waals surface area contributed by atoms with Gasteiger partial charge in [0, 0.05) is 27.4 Å². The summed E-state index contributed by atoms with van der Waals surface area (Å²) in [6, 6.07) is 1.76. The smallest absolute Gasteiger partial charge is 0.377 e. The molecule has 0 fully saturated rings. The van der Waals surface area contributed by atoms with Gasteiger partial charge in [0.1, 0.15) is 7.38 Å². The van der Waals surface area contributed by atoms with Gasteiger partial charge in [-0.1, -0.05) is 13.1 Å². The molecule has 0 spiro atoms. The van der Waals surface area contributed by atoms with Gasteiger partial charge in [-0.2, -0.15) is 11.1 Å². The largest absolute Gasteiger partial charge is 0.499 e. The van der Waals surface area contributed by atoms with Gasteiger partial charge in [-0.25, -0.2) is 0 Å². The predicted octanol–water partition coefficient (Wildman–Crippen LogP) is 2.31. The molecule has 80 valence electrons. The van der Waals surface area contributed by atoms with Gasteiger partial charge < -0.3 is 13.3 Å². The first-order valence-electron chi connectivity index (χ1n) is 4.23. The van der Waals surface area contributed by atoms with Crippen LogP contribution in [0.1, 0.15) is 0 Å². The van der Waals surface area contributed by atoms with Gasteiger partial charge >= 0.3 is 8.80 Å². The maximum atomic E-state index is 6.20. The maximum Gasteiger partial charge on any atom is 0.499 e. The highest BCUT2D eigenvalue weighted by molar-refractivity contribution is 7.19. The van der Waals surface area contributed by atoms with Gasteiger partial charge in [0.2, 0.25) is 0 Å². The quantitative estimate of drug-likeness (QED) is 0.529. The summed E-state index contributed by atoms with van der Waals surface area (Å²) in [6.45, 7) is 4.21. The van der Waals surface area contributed by atoms with Crippen LogP contribution >= 0.6 is 11.1 Å². The molecule has 0 unspecified atom stereocenters. The molecule has 0 N–H and O–H groups in total. The van der Waals surface area contributed by atoms with Crippen molar-refractivity contribution in [1.82, 2.24) is 0 Å². The van der Waals surface area contributed by atoms with E-state index in [9.17, 15) is 0 Å². The van der Waals surface area contributed by atoms with Crippen molar-refractivity contribution in [3.05, 3.63) is 0 Å². The van der Waals surface area contributed by atoms with Gasteiger partial charge in [0.05, 0.1) is 0 Å². The van der Waals surface area contributed by atoms with E-state index in [0.29, 0.717) is 0 Å². The third kappa shape index (κ3) is 5.14. The summed E-state index contributed by atoms with van der Waals surface area (Å²) in [5.74, 6) is 0. The topological polar surface area (TPSA) is 27.7 Å². The fraction of sp³-hybridized carbons (Fsp3) is 1.00. The molecule has 0 aliphatic heterocycles. The van der Waals surface area contributed by atoms with Gasteiger partial charge in [-0.3, -0.25) is 0 Å². The molecule has 0 aromatic rings. The van der Waals surface area contributed by atoms with Crippen molar-refractivity contribution in [1.29, 1.82) is 0 Å². The van der Waals surface area contributed by atoms with E-state index in [2.05, 4.69) is 13.1 Å². The fourth-order valence-corrected chi connectivity index (χ4v) is 6.57. The van der Waals surface area contributed by atoms with Gasteiger partial charge in [-0.05, 0) is 6.04 Å². The van der Waals surface area contributed by atoms with Crippen LogP contribution < -0.4 is 0 Å². The standard InChI is InChI=1S/C7H19ClO3Si2/c1-9-13(10-2,11-3)7-6-12(4,5)8/h6-7H2,1-5H3. The molecular weight excluding hydrogens is 224 g/mol. The lowest BCUT2D eigenvalue weighted by atomic mass is 10.9. The lowest BCUT2D eigenvalue weighted by Gasteiger charge is -2.26. The Labute approximate surface area is 87.4 Å². The number of halogens is 1. The van der Waals surface area contributed by atoms with Crippen molar-refractivity contribution in [2.45, 2.75) is 25.2 Å². The Morgan fingerprint density at radius 2 is 1.31 bits per heavy atom. The second-order valence-electron chi connectivity index (χ2n) is 3.51. The molecule has 0 rings (SSSR count). The van der Waals surface area contributed by atoms with Gasteiger partial charge in [-0.15, -0.1) is 0 Å². The van der Waals surface area contributed by atoms with Crippen molar-refractivity contribution < 1.29 is 13.3 Å². The maximum absolute atomic E-state index is 6.20. The monoisotopic (exact) mass is 242 g/mol. The van der Waals surface area contributed by atoms with E-state index in [0.717, 1.165) is 12.1 Å². The average molecular weight is 243 g/mol. The minimum absolute atomic E-state index is 0.805. The van der Waals surface area contributed by atoms with Crippen LogP contribution in [0.5, 0.6) is 0 Å². The molecule has 3 nitrogen and oxygen atoms in total. The van der Waals surface area contributed by atoms with E-state index in [1.54, 1.807) is 21.3 Å². The number of hydrogen-bond acceptors (Lipinski definition) is 3. The lowest BCUT2D eigenvalue weighted by Crippen LogP contribution is -2.43. The lowest BCUT2D eigenvalue weighted by molar-refractivity contribution is 0.125. The second kappa shape index (κ2) is 5.48. The Kier molecular flexibility index (Phi) is 5.73. The molecule has 6 heteroatoms. The van der Waals surface area contributed by atoms with Crippen LogP contribution in [-0.4, -0.2) is 37.5 Å². The molecule has 0 aliphatic carbocycles. The van der Waals surface area contributed by atoms with E-state index in [4.69, 9.17) is 24.4 Å². The van der Waals surface area contributed by atoms with Crippen molar-refractivity contribution >= 4 is 27.3 Å². The first-order valence-corrected chi connectivity index (χ1v) is 10.4. The summed E-state index contributed by atoms with van der Waals surface area (Å²) in [5, 5.41) is 0. The minimum atomic E-state index is -2.38. The molecule has 0 radical (unpaired) electrons. The Bertz CT molecular complexity index is 137. The molecule has 0 atom stereocenters. The Hall–Kier alpha value is 0.604. The molecular formula is C7H19ClO3Si2. The fourth-order valence-electron chi connectivity index (χ4n) is 1.01. The van der Waals surface area contributed by atoms with Crippen molar-refractivity contribution in [3.63, 3.8) is 0 Å². The van der Waals surface area contributed by atoms with Crippen LogP contribution in [0.25, 0.3) is 0 Å². The van der Waals surface area contributed by atoms with Crippen LogP contribution in [-0.2, 0) is 13.3 Å². The zero-order chi connectivity index (χ0) is 10.5. The molecule has 13 heavy (non-hydrogen) atoms. The van der Waals surface area contributed by atoms with Crippen LogP contribution in [0.3, 0.4) is 0 Å².